The summed E-state index contributed by atoms with van der Waals surface area (Å²) in [5.41, 5.74) is 1.14. The zero-order valence-corrected chi connectivity index (χ0v) is 14.3. The SMILES string of the molecule is CCn1ccnc1[C@H]1OCCC[C@@H]1NCc1sc(C)nc1C. The second-order valence-corrected chi connectivity index (χ2v) is 7.02. The number of aromatic nitrogens is 3. The van der Waals surface area contributed by atoms with Gasteiger partial charge in [-0.3, -0.25) is 0 Å². The first-order chi connectivity index (χ1) is 10.7. The lowest BCUT2D eigenvalue weighted by atomic mass is 10.0. The summed E-state index contributed by atoms with van der Waals surface area (Å²) < 4.78 is 8.22. The van der Waals surface area contributed by atoms with Crippen LogP contribution in [0, 0.1) is 13.8 Å². The number of rotatable bonds is 5. The molecule has 2 atom stereocenters. The maximum absolute atomic E-state index is 6.04. The van der Waals surface area contributed by atoms with Crippen LogP contribution in [0.4, 0.5) is 0 Å². The number of imidazole rings is 1. The van der Waals surface area contributed by atoms with E-state index < -0.39 is 0 Å². The Morgan fingerprint density at radius 2 is 2.32 bits per heavy atom. The van der Waals surface area contributed by atoms with Gasteiger partial charge >= 0.3 is 0 Å². The van der Waals surface area contributed by atoms with Gasteiger partial charge in [0.2, 0.25) is 0 Å². The maximum atomic E-state index is 6.04. The average Bonchev–Trinajstić information content (AvgIpc) is 3.11. The quantitative estimate of drug-likeness (QED) is 0.920. The molecular formula is C16H24N4OS. The second-order valence-electron chi connectivity index (χ2n) is 5.73. The Balaban J connectivity index is 1.71. The molecule has 0 spiro atoms. The highest BCUT2D eigenvalue weighted by Crippen LogP contribution is 2.28. The monoisotopic (exact) mass is 320 g/mol. The van der Waals surface area contributed by atoms with Gasteiger partial charge in [0.05, 0.1) is 10.7 Å². The molecule has 3 heterocycles. The van der Waals surface area contributed by atoms with Crippen LogP contribution < -0.4 is 5.32 Å². The van der Waals surface area contributed by atoms with Crippen molar-refractivity contribution in [1.29, 1.82) is 0 Å². The molecule has 2 aromatic heterocycles. The number of hydrogen-bond acceptors (Lipinski definition) is 5. The molecule has 0 unspecified atom stereocenters. The van der Waals surface area contributed by atoms with E-state index in [0.29, 0.717) is 6.04 Å². The summed E-state index contributed by atoms with van der Waals surface area (Å²) in [6.07, 6.45) is 6.16. The molecule has 1 N–H and O–H groups in total. The highest BCUT2D eigenvalue weighted by Gasteiger charge is 2.30. The van der Waals surface area contributed by atoms with Crippen molar-refractivity contribution in [2.24, 2.45) is 0 Å². The minimum atomic E-state index is 0.0398. The van der Waals surface area contributed by atoms with Gasteiger partial charge in [0.15, 0.2) is 0 Å². The lowest BCUT2D eigenvalue weighted by Crippen LogP contribution is -2.40. The predicted octanol–water partition coefficient (Wildman–Crippen LogP) is 2.99. The third-order valence-electron chi connectivity index (χ3n) is 4.19. The molecule has 1 aliphatic rings. The normalized spacial score (nSPS) is 22.1. The smallest absolute Gasteiger partial charge is 0.139 e. The summed E-state index contributed by atoms with van der Waals surface area (Å²) in [4.78, 5) is 10.3. The van der Waals surface area contributed by atoms with Gasteiger partial charge in [0, 0.05) is 43.0 Å². The zero-order chi connectivity index (χ0) is 15.5. The summed E-state index contributed by atoms with van der Waals surface area (Å²) in [5, 5.41) is 4.81. The number of nitrogens with zero attached hydrogens (tertiary/aromatic N) is 3. The van der Waals surface area contributed by atoms with Crippen LogP contribution in [0.3, 0.4) is 0 Å². The first kappa shape index (κ1) is 15.6. The van der Waals surface area contributed by atoms with Crippen molar-refractivity contribution in [3.8, 4) is 0 Å². The Hall–Kier alpha value is -1.24. The van der Waals surface area contributed by atoms with Gasteiger partial charge in [-0.15, -0.1) is 11.3 Å². The molecule has 3 rings (SSSR count). The molecule has 2 aromatic rings. The lowest BCUT2D eigenvalue weighted by molar-refractivity contribution is -0.0181. The summed E-state index contributed by atoms with van der Waals surface area (Å²) >= 11 is 1.77. The topological polar surface area (TPSA) is 52.0 Å². The Kier molecular flexibility index (Phi) is 4.90. The van der Waals surface area contributed by atoms with Gasteiger partial charge < -0.3 is 14.6 Å². The number of nitrogens with one attached hydrogen (secondary N) is 1. The molecule has 1 fully saturated rings. The van der Waals surface area contributed by atoms with Gasteiger partial charge in [-0.25, -0.2) is 9.97 Å². The zero-order valence-electron chi connectivity index (χ0n) is 13.5. The van der Waals surface area contributed by atoms with E-state index in [4.69, 9.17) is 4.74 Å². The third-order valence-corrected chi connectivity index (χ3v) is 5.26. The van der Waals surface area contributed by atoms with Gasteiger partial charge in [0.25, 0.3) is 0 Å². The second kappa shape index (κ2) is 6.89. The molecule has 6 heteroatoms. The molecule has 0 aliphatic carbocycles. The minimum absolute atomic E-state index is 0.0398. The fourth-order valence-electron chi connectivity index (χ4n) is 3.05. The van der Waals surface area contributed by atoms with Crippen LogP contribution in [0.2, 0.25) is 0 Å². The molecule has 5 nitrogen and oxygen atoms in total. The van der Waals surface area contributed by atoms with Crippen molar-refractivity contribution in [3.05, 3.63) is 33.8 Å². The standard InChI is InChI=1S/C16H24N4OS/c1-4-20-8-7-17-16(20)15-13(6-5-9-21-15)18-10-14-11(2)19-12(3)22-14/h7-8,13,15,18H,4-6,9-10H2,1-3H3/t13-,15-/m0/s1. The Morgan fingerprint density at radius 1 is 1.45 bits per heavy atom. The van der Waals surface area contributed by atoms with Crippen LogP contribution in [0.5, 0.6) is 0 Å². The van der Waals surface area contributed by atoms with E-state index in [1.807, 2.05) is 12.4 Å². The molecule has 0 aromatic carbocycles. The average molecular weight is 320 g/mol. The van der Waals surface area contributed by atoms with E-state index in [0.717, 1.165) is 49.1 Å². The number of ether oxygens (including phenoxy) is 1. The first-order valence-corrected chi connectivity index (χ1v) is 8.79. The van der Waals surface area contributed by atoms with Crippen molar-refractivity contribution >= 4 is 11.3 Å². The van der Waals surface area contributed by atoms with Crippen LogP contribution in [0.1, 0.15) is 47.3 Å². The van der Waals surface area contributed by atoms with Crippen LogP contribution in [0.25, 0.3) is 0 Å². The molecular weight excluding hydrogens is 296 g/mol. The lowest BCUT2D eigenvalue weighted by Gasteiger charge is -2.32. The first-order valence-electron chi connectivity index (χ1n) is 7.98. The Bertz CT molecular complexity index is 621. The largest absolute Gasteiger partial charge is 0.369 e. The van der Waals surface area contributed by atoms with Crippen molar-refractivity contribution in [1.82, 2.24) is 19.9 Å². The van der Waals surface area contributed by atoms with Crippen LogP contribution in [-0.4, -0.2) is 27.2 Å². The third kappa shape index (κ3) is 3.24. The van der Waals surface area contributed by atoms with Crippen molar-refractivity contribution in [2.45, 2.75) is 58.8 Å². The summed E-state index contributed by atoms with van der Waals surface area (Å²) in [6, 6.07) is 0.309. The van der Waals surface area contributed by atoms with Crippen molar-refractivity contribution < 1.29 is 4.74 Å². The fourth-order valence-corrected chi connectivity index (χ4v) is 3.94. The Morgan fingerprint density at radius 3 is 3.05 bits per heavy atom. The highest BCUT2D eigenvalue weighted by molar-refractivity contribution is 7.11. The highest BCUT2D eigenvalue weighted by atomic mass is 32.1. The van der Waals surface area contributed by atoms with Gasteiger partial charge in [-0.1, -0.05) is 0 Å². The van der Waals surface area contributed by atoms with E-state index in [9.17, 15) is 0 Å². The molecule has 0 saturated carbocycles. The van der Waals surface area contributed by atoms with Gasteiger partial charge in [-0.2, -0.15) is 0 Å². The fraction of sp³-hybridized carbons (Fsp3) is 0.625. The summed E-state index contributed by atoms with van der Waals surface area (Å²) in [7, 11) is 0. The van der Waals surface area contributed by atoms with Gasteiger partial charge in [0.1, 0.15) is 11.9 Å². The van der Waals surface area contributed by atoms with Crippen LogP contribution in [0.15, 0.2) is 12.4 Å². The molecule has 0 radical (unpaired) electrons. The van der Waals surface area contributed by atoms with Crippen molar-refractivity contribution in [3.63, 3.8) is 0 Å². The molecule has 22 heavy (non-hydrogen) atoms. The van der Waals surface area contributed by atoms with E-state index in [1.54, 1.807) is 11.3 Å². The summed E-state index contributed by atoms with van der Waals surface area (Å²) in [5.74, 6) is 1.04. The molecule has 120 valence electrons. The number of aryl methyl sites for hydroxylation is 3. The van der Waals surface area contributed by atoms with E-state index in [2.05, 4.69) is 40.6 Å². The molecule has 1 aliphatic heterocycles. The predicted molar refractivity (Wildman–Crippen MR) is 88.0 cm³/mol. The van der Waals surface area contributed by atoms with E-state index in [1.165, 1.54) is 4.88 Å². The molecule has 0 bridgehead atoms. The Labute approximate surface area is 135 Å². The molecule has 0 amide bonds. The van der Waals surface area contributed by atoms with Crippen LogP contribution >= 0.6 is 11.3 Å². The molecule has 1 saturated heterocycles. The number of hydrogen-bond donors (Lipinski definition) is 1. The van der Waals surface area contributed by atoms with Crippen molar-refractivity contribution in [2.75, 3.05) is 6.61 Å². The van der Waals surface area contributed by atoms with E-state index >= 15 is 0 Å². The van der Waals surface area contributed by atoms with Gasteiger partial charge in [-0.05, 0) is 33.6 Å². The van der Waals surface area contributed by atoms with E-state index in [-0.39, 0.29) is 6.10 Å². The van der Waals surface area contributed by atoms with Crippen LogP contribution in [-0.2, 0) is 17.8 Å². The number of thiazole rings is 1. The maximum Gasteiger partial charge on any atom is 0.139 e. The summed E-state index contributed by atoms with van der Waals surface area (Å²) in [6.45, 7) is 8.88. The minimum Gasteiger partial charge on any atom is -0.369 e.